The van der Waals surface area contributed by atoms with Gasteiger partial charge >= 0.3 is 0 Å². The zero-order valence-electron chi connectivity index (χ0n) is 8.45. The van der Waals surface area contributed by atoms with E-state index in [4.69, 9.17) is 16.0 Å². The molecule has 16 heavy (non-hydrogen) atoms. The Bertz CT molecular complexity index is 373. The van der Waals surface area contributed by atoms with Gasteiger partial charge in [-0.3, -0.25) is 0 Å². The lowest BCUT2D eigenvalue weighted by Crippen LogP contribution is -2.17. The van der Waals surface area contributed by atoms with Crippen LogP contribution in [0, 0.1) is 0 Å². The topological polar surface area (TPSA) is 112 Å². The van der Waals surface area contributed by atoms with Crippen molar-refractivity contribution in [3.05, 3.63) is 23.9 Å². The first-order valence-electron chi connectivity index (χ1n) is 4.53. The lowest BCUT2D eigenvalue weighted by molar-refractivity contribution is 0.113. The Hall–Kier alpha value is -1.31. The van der Waals surface area contributed by atoms with Crippen molar-refractivity contribution >= 4 is 17.6 Å². The van der Waals surface area contributed by atoms with E-state index < -0.39 is 6.10 Å². The number of aliphatic hydroxyl groups is 2. The van der Waals surface area contributed by atoms with Gasteiger partial charge in [0, 0.05) is 11.9 Å². The third-order valence-electron chi connectivity index (χ3n) is 1.78. The van der Waals surface area contributed by atoms with E-state index in [2.05, 4.69) is 10.1 Å². The van der Waals surface area contributed by atoms with Gasteiger partial charge in [0.25, 0.3) is 0 Å². The number of rotatable bonds is 5. The largest absolute Gasteiger partial charge is 0.409 e. The van der Waals surface area contributed by atoms with Crippen molar-refractivity contribution in [2.45, 2.75) is 11.1 Å². The Labute approximate surface area is 96.8 Å². The minimum Gasteiger partial charge on any atom is -0.409 e. The monoisotopic (exact) mass is 243 g/mol. The third kappa shape index (κ3) is 3.37. The molecule has 1 aromatic rings. The summed E-state index contributed by atoms with van der Waals surface area (Å²) in [6.45, 7) is -0.307. The maximum Gasteiger partial charge on any atom is 0.172 e. The van der Waals surface area contributed by atoms with Crippen LogP contribution in [0.2, 0.25) is 0 Å². The van der Waals surface area contributed by atoms with Gasteiger partial charge < -0.3 is 21.2 Å². The highest BCUT2D eigenvalue weighted by Crippen LogP contribution is 2.20. The van der Waals surface area contributed by atoms with E-state index in [1.165, 1.54) is 11.8 Å². The summed E-state index contributed by atoms with van der Waals surface area (Å²) in [5.41, 5.74) is 5.97. The van der Waals surface area contributed by atoms with Gasteiger partial charge in [-0.05, 0) is 12.1 Å². The van der Waals surface area contributed by atoms with Crippen LogP contribution in [0.1, 0.15) is 5.56 Å². The normalized spacial score (nSPS) is 13.8. The summed E-state index contributed by atoms with van der Waals surface area (Å²) in [5, 5.41) is 29.9. The molecule has 0 aliphatic rings. The lowest BCUT2D eigenvalue weighted by Gasteiger charge is -2.08. The number of hydrogen-bond acceptors (Lipinski definition) is 6. The zero-order chi connectivity index (χ0) is 12.0. The molecule has 7 heteroatoms. The molecule has 1 aromatic heterocycles. The van der Waals surface area contributed by atoms with Gasteiger partial charge in [0.15, 0.2) is 5.84 Å². The van der Waals surface area contributed by atoms with E-state index in [1.54, 1.807) is 18.3 Å². The first kappa shape index (κ1) is 12.8. The maximum absolute atomic E-state index is 9.20. The summed E-state index contributed by atoms with van der Waals surface area (Å²) in [6, 6.07) is 3.33. The van der Waals surface area contributed by atoms with E-state index in [9.17, 15) is 5.11 Å². The second-order valence-corrected chi connectivity index (χ2v) is 4.00. The molecule has 0 aliphatic heterocycles. The molecule has 1 rings (SSSR count). The highest BCUT2D eigenvalue weighted by Gasteiger charge is 2.10. The smallest absolute Gasteiger partial charge is 0.172 e. The first-order valence-corrected chi connectivity index (χ1v) is 5.52. The van der Waals surface area contributed by atoms with Crippen LogP contribution >= 0.6 is 11.8 Å². The predicted molar refractivity (Wildman–Crippen MR) is 60.6 cm³/mol. The first-order chi connectivity index (χ1) is 7.69. The van der Waals surface area contributed by atoms with Gasteiger partial charge in [-0.2, -0.15) is 0 Å². The Morgan fingerprint density at radius 1 is 1.62 bits per heavy atom. The summed E-state index contributed by atoms with van der Waals surface area (Å²) in [4.78, 5) is 4.05. The SMILES string of the molecule is NC(=NO)c1cccnc1SCC(O)CO. The fourth-order valence-corrected chi connectivity index (χ4v) is 1.90. The Morgan fingerprint density at radius 2 is 2.38 bits per heavy atom. The quantitative estimate of drug-likeness (QED) is 0.184. The molecule has 0 aliphatic carbocycles. The average molecular weight is 243 g/mol. The van der Waals surface area contributed by atoms with Gasteiger partial charge in [0.2, 0.25) is 0 Å². The van der Waals surface area contributed by atoms with E-state index in [-0.39, 0.29) is 12.4 Å². The summed E-state index contributed by atoms with van der Waals surface area (Å²) < 4.78 is 0. The summed E-state index contributed by atoms with van der Waals surface area (Å²) in [6.07, 6.45) is 0.758. The Balaban J connectivity index is 2.79. The number of aromatic nitrogens is 1. The van der Waals surface area contributed by atoms with E-state index in [0.717, 1.165) is 0 Å². The van der Waals surface area contributed by atoms with Crippen LogP contribution in [-0.2, 0) is 0 Å². The molecule has 0 fully saturated rings. The van der Waals surface area contributed by atoms with Crippen molar-refractivity contribution in [3.8, 4) is 0 Å². The average Bonchev–Trinajstić information content (AvgIpc) is 2.35. The molecule has 0 bridgehead atoms. The number of aliphatic hydroxyl groups excluding tert-OH is 2. The number of thioether (sulfide) groups is 1. The molecule has 0 radical (unpaired) electrons. The number of nitrogens with two attached hydrogens (primary N) is 1. The standard InChI is InChI=1S/C9H13N3O3S/c10-8(12-15)7-2-1-3-11-9(7)16-5-6(14)4-13/h1-3,6,13-15H,4-5H2,(H2,10,12). The number of nitrogens with zero attached hydrogens (tertiary/aromatic N) is 2. The molecule has 0 aromatic carbocycles. The highest BCUT2D eigenvalue weighted by atomic mass is 32.2. The minimum absolute atomic E-state index is 0.0333. The van der Waals surface area contributed by atoms with Crippen LogP contribution in [0.4, 0.5) is 0 Å². The predicted octanol–water partition coefficient (Wildman–Crippen LogP) is -0.379. The van der Waals surface area contributed by atoms with Gasteiger partial charge in [0.05, 0.1) is 18.3 Å². The van der Waals surface area contributed by atoms with E-state index >= 15 is 0 Å². The molecular weight excluding hydrogens is 230 g/mol. The van der Waals surface area contributed by atoms with Crippen molar-refractivity contribution < 1.29 is 15.4 Å². The number of amidine groups is 1. The molecule has 0 saturated heterocycles. The zero-order valence-corrected chi connectivity index (χ0v) is 9.26. The fourth-order valence-electron chi connectivity index (χ4n) is 0.982. The summed E-state index contributed by atoms with van der Waals surface area (Å²) in [5.74, 6) is 0.258. The Kier molecular flexibility index (Phi) is 5.03. The van der Waals surface area contributed by atoms with Crippen LogP contribution in [0.15, 0.2) is 28.5 Å². The van der Waals surface area contributed by atoms with E-state index in [1.807, 2.05) is 0 Å². The number of hydrogen-bond donors (Lipinski definition) is 4. The molecular formula is C9H13N3O3S. The highest BCUT2D eigenvalue weighted by molar-refractivity contribution is 7.99. The summed E-state index contributed by atoms with van der Waals surface area (Å²) in [7, 11) is 0. The molecule has 1 heterocycles. The molecule has 88 valence electrons. The molecule has 0 saturated carbocycles. The lowest BCUT2D eigenvalue weighted by atomic mass is 10.3. The van der Waals surface area contributed by atoms with Crippen LogP contribution < -0.4 is 5.73 Å². The second-order valence-electron chi connectivity index (χ2n) is 2.99. The maximum atomic E-state index is 9.20. The fraction of sp³-hybridized carbons (Fsp3) is 0.333. The van der Waals surface area contributed by atoms with Crippen molar-refractivity contribution in [2.75, 3.05) is 12.4 Å². The van der Waals surface area contributed by atoms with Crippen molar-refractivity contribution in [2.24, 2.45) is 10.9 Å². The molecule has 6 nitrogen and oxygen atoms in total. The van der Waals surface area contributed by atoms with Crippen molar-refractivity contribution in [1.82, 2.24) is 4.98 Å². The van der Waals surface area contributed by atoms with Gasteiger partial charge in [-0.1, -0.05) is 5.16 Å². The molecule has 5 N–H and O–H groups in total. The van der Waals surface area contributed by atoms with Crippen molar-refractivity contribution in [3.63, 3.8) is 0 Å². The van der Waals surface area contributed by atoms with Crippen LogP contribution in [0.25, 0.3) is 0 Å². The summed E-state index contributed by atoms with van der Waals surface area (Å²) >= 11 is 1.23. The third-order valence-corrected chi connectivity index (χ3v) is 2.93. The molecule has 1 unspecified atom stereocenters. The van der Waals surface area contributed by atoms with Gasteiger partial charge in [-0.25, -0.2) is 4.98 Å². The number of oxime groups is 1. The van der Waals surface area contributed by atoms with Gasteiger partial charge in [-0.15, -0.1) is 11.8 Å². The second kappa shape index (κ2) is 6.31. The molecule has 0 amide bonds. The van der Waals surface area contributed by atoms with Crippen molar-refractivity contribution in [1.29, 1.82) is 0 Å². The number of pyridine rings is 1. The van der Waals surface area contributed by atoms with Crippen LogP contribution in [0.5, 0.6) is 0 Å². The minimum atomic E-state index is -0.813. The molecule has 1 atom stereocenters. The van der Waals surface area contributed by atoms with Gasteiger partial charge in [0.1, 0.15) is 5.03 Å². The molecule has 0 spiro atoms. The Morgan fingerprint density at radius 3 is 3.00 bits per heavy atom. The van der Waals surface area contributed by atoms with E-state index in [0.29, 0.717) is 16.3 Å². The van der Waals surface area contributed by atoms with Crippen LogP contribution in [0.3, 0.4) is 0 Å². The van der Waals surface area contributed by atoms with Crippen LogP contribution in [-0.4, -0.2) is 44.7 Å².